The summed E-state index contributed by atoms with van der Waals surface area (Å²) in [6.45, 7) is 1.89. The van der Waals surface area contributed by atoms with Crippen molar-refractivity contribution in [1.82, 2.24) is 20.0 Å². The number of aryl methyl sites for hydroxylation is 2. The molecular weight excluding hydrogens is 442 g/mol. The second kappa shape index (κ2) is 9.12. The van der Waals surface area contributed by atoms with E-state index in [0.717, 1.165) is 11.1 Å². The van der Waals surface area contributed by atoms with Gasteiger partial charge < -0.3 is 10.2 Å². The monoisotopic (exact) mass is 470 g/mol. The standard InChI is InChI=1S/C25H28F2N4O3/c1-15-4-5-17(19-8-11-28-31(3)23(19)33)12-18(15)13-21(32)20-14-30(2)24(34)29-22(20)16-6-9-25(26,27)10-7-16/h4-5,8,11-12,14,16,22H,6-7,9-10,13H2,1-3H3,(H,29,34). The van der Waals surface area contributed by atoms with Crippen LogP contribution in [0.2, 0.25) is 0 Å². The molecule has 1 aliphatic heterocycles. The quantitative estimate of drug-likeness (QED) is 0.724. The minimum atomic E-state index is -2.69. The van der Waals surface area contributed by atoms with E-state index in [2.05, 4.69) is 10.4 Å². The van der Waals surface area contributed by atoms with Crippen LogP contribution in [0.3, 0.4) is 0 Å². The van der Waals surface area contributed by atoms with Gasteiger partial charge in [-0.05, 0) is 48.4 Å². The van der Waals surface area contributed by atoms with E-state index < -0.39 is 12.0 Å². The minimum Gasteiger partial charge on any atom is -0.330 e. The van der Waals surface area contributed by atoms with Crippen molar-refractivity contribution >= 4 is 11.8 Å². The zero-order valence-corrected chi connectivity index (χ0v) is 19.5. The number of amides is 2. The first-order valence-electron chi connectivity index (χ1n) is 11.3. The number of hydrogen-bond donors (Lipinski definition) is 1. The highest BCUT2D eigenvalue weighted by atomic mass is 19.3. The van der Waals surface area contributed by atoms with Crippen LogP contribution in [0, 0.1) is 12.8 Å². The number of nitrogens with one attached hydrogen (secondary N) is 1. The van der Waals surface area contributed by atoms with E-state index in [-0.39, 0.29) is 55.4 Å². The van der Waals surface area contributed by atoms with Gasteiger partial charge in [0.1, 0.15) is 0 Å². The van der Waals surface area contributed by atoms with Gasteiger partial charge in [0.05, 0.1) is 11.6 Å². The zero-order valence-electron chi connectivity index (χ0n) is 19.5. The van der Waals surface area contributed by atoms with Crippen molar-refractivity contribution in [2.75, 3.05) is 7.05 Å². The lowest BCUT2D eigenvalue weighted by Gasteiger charge is -2.38. The molecular formula is C25H28F2N4O3. The second-order valence-corrected chi connectivity index (χ2v) is 9.23. The molecule has 2 heterocycles. The molecule has 1 saturated carbocycles. The molecule has 180 valence electrons. The lowest BCUT2D eigenvalue weighted by atomic mass is 9.77. The summed E-state index contributed by atoms with van der Waals surface area (Å²) >= 11 is 0. The largest absolute Gasteiger partial charge is 0.330 e. The van der Waals surface area contributed by atoms with Crippen LogP contribution in [-0.2, 0) is 18.3 Å². The highest BCUT2D eigenvalue weighted by Gasteiger charge is 2.41. The number of halogens is 2. The summed E-state index contributed by atoms with van der Waals surface area (Å²) in [5, 5.41) is 6.79. The van der Waals surface area contributed by atoms with Crippen LogP contribution < -0.4 is 10.9 Å². The Morgan fingerprint density at radius 3 is 2.59 bits per heavy atom. The van der Waals surface area contributed by atoms with Gasteiger partial charge in [0, 0.05) is 51.3 Å². The molecule has 1 aliphatic carbocycles. The number of ketones is 1. The van der Waals surface area contributed by atoms with E-state index in [0.29, 0.717) is 16.7 Å². The lowest BCUT2D eigenvalue weighted by molar-refractivity contribution is -0.115. The normalized spacial score (nSPS) is 20.6. The Morgan fingerprint density at radius 2 is 1.88 bits per heavy atom. The first-order valence-corrected chi connectivity index (χ1v) is 11.3. The number of rotatable bonds is 5. The number of carbonyl (C=O) groups is 2. The summed E-state index contributed by atoms with van der Waals surface area (Å²) in [6.07, 6.45) is 3.13. The Balaban J connectivity index is 1.61. The second-order valence-electron chi connectivity index (χ2n) is 9.23. The first kappa shape index (κ1) is 23.8. The number of alkyl halides is 2. The van der Waals surface area contributed by atoms with Gasteiger partial charge in [-0.15, -0.1) is 0 Å². The maximum atomic E-state index is 13.7. The van der Waals surface area contributed by atoms with Gasteiger partial charge in [0.15, 0.2) is 5.78 Å². The summed E-state index contributed by atoms with van der Waals surface area (Å²) in [5.41, 5.74) is 3.00. The summed E-state index contributed by atoms with van der Waals surface area (Å²) in [4.78, 5) is 39.5. The van der Waals surface area contributed by atoms with Gasteiger partial charge in [0.25, 0.3) is 5.56 Å². The number of carbonyl (C=O) groups excluding carboxylic acids is 2. The minimum absolute atomic E-state index is 0.0694. The number of urea groups is 1. The average Bonchev–Trinajstić information content (AvgIpc) is 2.79. The van der Waals surface area contributed by atoms with E-state index >= 15 is 0 Å². The SMILES string of the molecule is Cc1ccc(-c2ccnn(C)c2=O)cc1CC(=O)C1=CN(C)C(=O)NC1C1CCC(F)(F)CC1. The fourth-order valence-electron chi connectivity index (χ4n) is 4.70. The molecule has 34 heavy (non-hydrogen) atoms. The fraction of sp³-hybridized carbons (Fsp3) is 0.440. The van der Waals surface area contributed by atoms with Crippen molar-refractivity contribution in [1.29, 1.82) is 0 Å². The third-order valence-electron chi connectivity index (χ3n) is 6.84. The Bertz CT molecular complexity index is 1210. The van der Waals surface area contributed by atoms with Gasteiger partial charge in [0.2, 0.25) is 5.92 Å². The number of Topliss-reactive ketones (excluding diaryl/α,β-unsaturated/α-hetero) is 1. The first-order chi connectivity index (χ1) is 16.1. The predicted molar refractivity (Wildman–Crippen MR) is 123 cm³/mol. The van der Waals surface area contributed by atoms with Gasteiger partial charge in [-0.3, -0.25) is 9.59 Å². The molecule has 2 aliphatic rings. The summed E-state index contributed by atoms with van der Waals surface area (Å²) in [7, 11) is 3.13. The molecule has 0 spiro atoms. The molecule has 0 bridgehead atoms. The van der Waals surface area contributed by atoms with Crippen molar-refractivity contribution in [2.45, 2.75) is 51.0 Å². The molecule has 1 N–H and O–H groups in total. The van der Waals surface area contributed by atoms with Crippen LogP contribution >= 0.6 is 0 Å². The summed E-state index contributed by atoms with van der Waals surface area (Å²) in [6, 6.07) is 6.21. The third kappa shape index (κ3) is 4.78. The molecule has 0 saturated heterocycles. The summed E-state index contributed by atoms with van der Waals surface area (Å²) < 4.78 is 28.6. The smallest absolute Gasteiger partial charge is 0.321 e. The van der Waals surface area contributed by atoms with Gasteiger partial charge >= 0.3 is 6.03 Å². The van der Waals surface area contributed by atoms with Crippen molar-refractivity contribution in [2.24, 2.45) is 13.0 Å². The predicted octanol–water partition coefficient (Wildman–Crippen LogP) is 3.60. The number of aromatic nitrogens is 2. The van der Waals surface area contributed by atoms with Crippen molar-refractivity contribution in [3.05, 3.63) is 63.7 Å². The van der Waals surface area contributed by atoms with Crippen LogP contribution in [0.4, 0.5) is 13.6 Å². The Labute approximate surface area is 196 Å². The van der Waals surface area contributed by atoms with Crippen LogP contribution in [0.15, 0.2) is 47.0 Å². The Morgan fingerprint density at radius 1 is 1.18 bits per heavy atom. The highest BCUT2D eigenvalue weighted by Crippen LogP contribution is 2.39. The molecule has 2 amide bonds. The van der Waals surface area contributed by atoms with Crippen molar-refractivity contribution < 1.29 is 18.4 Å². The van der Waals surface area contributed by atoms with E-state index in [4.69, 9.17) is 0 Å². The van der Waals surface area contributed by atoms with Gasteiger partial charge in [-0.2, -0.15) is 5.10 Å². The van der Waals surface area contributed by atoms with Crippen LogP contribution in [0.1, 0.15) is 36.8 Å². The molecule has 1 aromatic carbocycles. The summed E-state index contributed by atoms with van der Waals surface area (Å²) in [5.74, 6) is -3.10. The molecule has 1 unspecified atom stereocenters. The topological polar surface area (TPSA) is 84.3 Å². The highest BCUT2D eigenvalue weighted by molar-refractivity contribution is 6.00. The van der Waals surface area contributed by atoms with Crippen LogP contribution in [-0.4, -0.2) is 45.5 Å². The molecule has 7 nitrogen and oxygen atoms in total. The number of benzene rings is 1. The number of hydrogen-bond acceptors (Lipinski definition) is 4. The lowest BCUT2D eigenvalue weighted by Crippen LogP contribution is -2.52. The van der Waals surface area contributed by atoms with E-state index in [1.165, 1.54) is 15.8 Å². The average molecular weight is 471 g/mol. The molecule has 4 rings (SSSR count). The Hall–Kier alpha value is -3.36. The maximum Gasteiger partial charge on any atom is 0.321 e. The van der Waals surface area contributed by atoms with Gasteiger partial charge in [-0.1, -0.05) is 18.2 Å². The molecule has 1 aromatic heterocycles. The van der Waals surface area contributed by atoms with Crippen molar-refractivity contribution in [3.8, 4) is 11.1 Å². The number of nitrogens with zero attached hydrogens (tertiary/aromatic N) is 3. The van der Waals surface area contributed by atoms with E-state index in [1.54, 1.807) is 26.4 Å². The van der Waals surface area contributed by atoms with E-state index in [9.17, 15) is 23.2 Å². The molecule has 1 fully saturated rings. The zero-order chi connectivity index (χ0) is 24.6. The molecule has 0 radical (unpaired) electrons. The molecule has 2 aromatic rings. The molecule has 9 heteroatoms. The van der Waals surface area contributed by atoms with Crippen LogP contribution in [0.25, 0.3) is 11.1 Å². The van der Waals surface area contributed by atoms with Crippen LogP contribution in [0.5, 0.6) is 0 Å². The third-order valence-corrected chi connectivity index (χ3v) is 6.84. The van der Waals surface area contributed by atoms with Gasteiger partial charge in [-0.25, -0.2) is 18.3 Å². The fourth-order valence-corrected chi connectivity index (χ4v) is 4.70. The Kier molecular flexibility index (Phi) is 6.38. The van der Waals surface area contributed by atoms with E-state index in [1.807, 2.05) is 25.1 Å². The maximum absolute atomic E-state index is 13.7. The molecule has 1 atom stereocenters. The van der Waals surface area contributed by atoms with Crippen molar-refractivity contribution in [3.63, 3.8) is 0 Å².